The second-order valence-electron chi connectivity index (χ2n) is 11.3. The van der Waals surface area contributed by atoms with Gasteiger partial charge in [-0.15, -0.1) is 0 Å². The Morgan fingerprint density at radius 1 is 0.609 bits per heavy atom. The van der Waals surface area contributed by atoms with E-state index < -0.39 is 105 Å². The van der Waals surface area contributed by atoms with Crippen LogP contribution in [0.5, 0.6) is 11.5 Å². The quantitative estimate of drug-likeness (QED) is 0.191. The molecule has 12 heteroatoms. The second kappa shape index (κ2) is 14.2. The Balaban J connectivity index is 2.20. The fraction of sp³-hybridized carbons (Fsp3) is 0.353. The summed E-state index contributed by atoms with van der Waals surface area (Å²) in [5, 5.41) is 20.7. The van der Waals surface area contributed by atoms with Crippen LogP contribution < -0.4 is 11.3 Å². The number of benzene rings is 1. The second-order valence-corrected chi connectivity index (χ2v) is 11.3. The lowest BCUT2D eigenvalue weighted by molar-refractivity contribution is -0.132. The minimum Gasteiger partial charge on any atom is -0.507 e. The van der Waals surface area contributed by atoms with Gasteiger partial charge in [0.05, 0.1) is 11.8 Å². The predicted octanol–water partition coefficient (Wildman–Crippen LogP) is 3.92. The number of aromatic hydroxyl groups is 2. The van der Waals surface area contributed by atoms with E-state index in [1.54, 1.807) is 0 Å². The third-order valence-corrected chi connectivity index (χ3v) is 7.80. The van der Waals surface area contributed by atoms with Crippen LogP contribution in [0.1, 0.15) is 95.7 Å². The van der Waals surface area contributed by atoms with Crippen molar-refractivity contribution >= 4 is 34.7 Å². The summed E-state index contributed by atoms with van der Waals surface area (Å²) in [7, 11) is 0. The monoisotopic (exact) mass is 634 g/mol. The van der Waals surface area contributed by atoms with Gasteiger partial charge in [-0.1, -0.05) is 24.3 Å². The normalized spacial score (nSPS) is 12.5. The molecule has 242 valence electrons. The molecule has 2 atom stereocenters. The SMILES string of the molecule is CC(=O)C(C(C)=O)C(CC(=O)c1c(O)cc(C)oc1=O)c1cccc(C(CC(=O)c2c(O)cc(C)oc2=O)C(C(C)=O)C(C)=O)c1. The number of aryl methyl sites for hydroxylation is 2. The summed E-state index contributed by atoms with van der Waals surface area (Å²) in [6, 6.07) is 8.05. The molecular weight excluding hydrogens is 600 g/mol. The average molecular weight is 635 g/mol. The Labute approximate surface area is 263 Å². The van der Waals surface area contributed by atoms with E-state index in [0.29, 0.717) is 0 Å². The van der Waals surface area contributed by atoms with Gasteiger partial charge in [-0.25, -0.2) is 9.59 Å². The highest BCUT2D eigenvalue weighted by atomic mass is 16.4. The molecule has 0 radical (unpaired) electrons. The van der Waals surface area contributed by atoms with Crippen molar-refractivity contribution in [2.24, 2.45) is 11.8 Å². The number of carbonyl (C=O) groups is 6. The van der Waals surface area contributed by atoms with Crippen LogP contribution in [0.25, 0.3) is 0 Å². The number of Topliss-reactive ketones (excluding diaryl/α,β-unsaturated/α-hetero) is 6. The van der Waals surface area contributed by atoms with Crippen molar-refractivity contribution in [3.8, 4) is 11.5 Å². The topological polar surface area (TPSA) is 203 Å². The van der Waals surface area contributed by atoms with Crippen molar-refractivity contribution in [2.45, 2.75) is 66.2 Å². The van der Waals surface area contributed by atoms with Gasteiger partial charge in [0.15, 0.2) is 11.6 Å². The van der Waals surface area contributed by atoms with Crippen molar-refractivity contribution in [1.29, 1.82) is 0 Å². The first-order valence-electron chi connectivity index (χ1n) is 14.3. The lowest BCUT2D eigenvalue weighted by atomic mass is 9.74. The molecule has 3 rings (SSSR count). The van der Waals surface area contributed by atoms with Crippen molar-refractivity contribution < 1.29 is 47.8 Å². The molecule has 0 saturated carbocycles. The van der Waals surface area contributed by atoms with Crippen LogP contribution in [-0.4, -0.2) is 44.9 Å². The molecule has 0 amide bonds. The van der Waals surface area contributed by atoms with Gasteiger partial charge >= 0.3 is 11.3 Å². The van der Waals surface area contributed by atoms with Crippen LogP contribution in [-0.2, 0) is 19.2 Å². The standard InChI is InChI=1S/C34H34O12/c1-15-10-25(39)31(33(43)45-15)27(41)13-23(29(17(3)35)18(4)36)21-8-7-9-22(12-21)24(30(19(5)37)20(6)38)14-28(42)32-26(40)11-16(2)46-34(32)44/h7-12,23-24,29-30,39-40H,13-14H2,1-6H3. The summed E-state index contributed by atoms with van der Waals surface area (Å²) in [6.07, 6.45) is -1.20. The van der Waals surface area contributed by atoms with E-state index in [4.69, 9.17) is 8.83 Å². The van der Waals surface area contributed by atoms with Crippen molar-refractivity contribution in [1.82, 2.24) is 0 Å². The van der Waals surface area contributed by atoms with Crippen molar-refractivity contribution in [3.05, 3.63) is 91.0 Å². The van der Waals surface area contributed by atoms with E-state index in [2.05, 4.69) is 0 Å². The van der Waals surface area contributed by atoms with Crippen LogP contribution in [0.3, 0.4) is 0 Å². The van der Waals surface area contributed by atoms with E-state index in [0.717, 1.165) is 39.8 Å². The number of ketones is 6. The Hall–Kier alpha value is -5.26. The zero-order valence-electron chi connectivity index (χ0n) is 26.2. The van der Waals surface area contributed by atoms with E-state index in [1.807, 2.05) is 0 Å². The maximum atomic E-state index is 13.4. The number of carbonyl (C=O) groups excluding carboxylic acids is 6. The molecule has 0 saturated heterocycles. The molecule has 0 aliphatic heterocycles. The van der Waals surface area contributed by atoms with E-state index in [-0.39, 0.29) is 22.6 Å². The van der Waals surface area contributed by atoms with Crippen LogP contribution >= 0.6 is 0 Å². The predicted molar refractivity (Wildman–Crippen MR) is 162 cm³/mol. The number of rotatable bonds is 14. The van der Waals surface area contributed by atoms with Crippen molar-refractivity contribution in [2.75, 3.05) is 0 Å². The molecule has 3 aromatic rings. The summed E-state index contributed by atoms with van der Waals surface area (Å²) in [5.74, 6) is -10.4. The highest BCUT2D eigenvalue weighted by molar-refractivity contribution is 6.05. The largest absolute Gasteiger partial charge is 0.507 e. The fourth-order valence-corrected chi connectivity index (χ4v) is 5.89. The van der Waals surface area contributed by atoms with Crippen LogP contribution in [0, 0.1) is 25.7 Å². The Morgan fingerprint density at radius 3 is 1.22 bits per heavy atom. The fourth-order valence-electron chi connectivity index (χ4n) is 5.89. The molecule has 0 fully saturated rings. The van der Waals surface area contributed by atoms with Gasteiger partial charge in [0.1, 0.15) is 57.3 Å². The Kier molecular flexibility index (Phi) is 10.9. The van der Waals surface area contributed by atoms with Crippen LogP contribution in [0.4, 0.5) is 0 Å². The van der Waals surface area contributed by atoms with E-state index in [9.17, 15) is 48.6 Å². The number of hydrogen-bond donors (Lipinski definition) is 2. The number of hydrogen-bond acceptors (Lipinski definition) is 12. The summed E-state index contributed by atoms with van der Waals surface area (Å²) in [4.78, 5) is 103. The molecule has 2 N–H and O–H groups in total. The summed E-state index contributed by atoms with van der Waals surface area (Å²) < 4.78 is 9.92. The average Bonchev–Trinajstić information content (AvgIpc) is 2.90. The van der Waals surface area contributed by atoms with Gasteiger partial charge in [-0.2, -0.15) is 0 Å². The molecule has 12 nitrogen and oxygen atoms in total. The molecule has 2 aromatic heterocycles. The molecule has 1 aromatic carbocycles. The van der Waals surface area contributed by atoms with Gasteiger partial charge in [0.2, 0.25) is 0 Å². The Bertz CT molecular complexity index is 1700. The van der Waals surface area contributed by atoms with Gasteiger partial charge in [0.25, 0.3) is 0 Å². The first-order chi connectivity index (χ1) is 21.4. The lowest BCUT2D eigenvalue weighted by Crippen LogP contribution is -2.31. The molecule has 0 bridgehead atoms. The maximum Gasteiger partial charge on any atom is 0.350 e. The summed E-state index contributed by atoms with van der Waals surface area (Å²) in [5.41, 5.74) is -3.09. The van der Waals surface area contributed by atoms with E-state index in [1.165, 1.54) is 38.1 Å². The lowest BCUT2D eigenvalue weighted by Gasteiger charge is -2.27. The van der Waals surface area contributed by atoms with Gasteiger partial charge in [-0.05, 0) is 52.7 Å². The summed E-state index contributed by atoms with van der Waals surface area (Å²) in [6.45, 7) is 7.44. The summed E-state index contributed by atoms with van der Waals surface area (Å²) >= 11 is 0. The molecule has 2 unspecified atom stereocenters. The molecule has 0 aliphatic rings. The molecule has 0 spiro atoms. The molecular formula is C34H34O12. The Morgan fingerprint density at radius 2 is 0.935 bits per heavy atom. The minimum atomic E-state index is -1.37. The first kappa shape index (κ1) is 35.2. The zero-order valence-corrected chi connectivity index (χ0v) is 26.2. The molecule has 46 heavy (non-hydrogen) atoms. The smallest absolute Gasteiger partial charge is 0.350 e. The van der Waals surface area contributed by atoms with Crippen LogP contribution in [0.15, 0.2) is 54.8 Å². The first-order valence-corrected chi connectivity index (χ1v) is 14.3. The third-order valence-electron chi connectivity index (χ3n) is 7.80. The molecule has 2 heterocycles. The van der Waals surface area contributed by atoms with Crippen molar-refractivity contribution in [3.63, 3.8) is 0 Å². The van der Waals surface area contributed by atoms with E-state index >= 15 is 0 Å². The third kappa shape index (κ3) is 7.68. The maximum absolute atomic E-state index is 13.4. The highest BCUT2D eigenvalue weighted by Crippen LogP contribution is 2.37. The molecule has 0 aliphatic carbocycles. The highest BCUT2D eigenvalue weighted by Gasteiger charge is 2.37. The van der Waals surface area contributed by atoms with Gasteiger partial charge in [-0.3, -0.25) is 28.8 Å². The minimum absolute atomic E-state index is 0.0523. The van der Waals surface area contributed by atoms with Gasteiger partial charge < -0.3 is 19.0 Å². The zero-order chi connectivity index (χ0) is 34.6. The van der Waals surface area contributed by atoms with Gasteiger partial charge in [0, 0.05) is 36.8 Å². The van der Waals surface area contributed by atoms with Crippen LogP contribution in [0.2, 0.25) is 0 Å².